The van der Waals surface area contributed by atoms with Crippen LogP contribution in [0.25, 0.3) is 0 Å². The highest BCUT2D eigenvalue weighted by molar-refractivity contribution is 14.1. The molecule has 0 spiro atoms. The second-order valence-electron chi connectivity index (χ2n) is 3.72. The second kappa shape index (κ2) is 7.87. The summed E-state index contributed by atoms with van der Waals surface area (Å²) < 4.78 is 1.51. The molecule has 0 heterocycles. The molecule has 0 saturated heterocycles. The molecule has 0 aliphatic heterocycles. The molecular formula is C11H10I3N3O4. The number of anilines is 1. The van der Waals surface area contributed by atoms with Gasteiger partial charge in [0, 0.05) is 10.6 Å². The fraction of sp³-hybridized carbons (Fsp3) is 0.182. The van der Waals surface area contributed by atoms with Crippen LogP contribution in [0.1, 0.15) is 20.7 Å². The summed E-state index contributed by atoms with van der Waals surface area (Å²) in [4.78, 5) is 35.0. The number of nitrogens with one attached hydrogen (secondary N) is 2. The summed E-state index contributed by atoms with van der Waals surface area (Å²) in [5, 5.41) is 13.7. The summed E-state index contributed by atoms with van der Waals surface area (Å²) >= 11 is 5.76. The Morgan fingerprint density at radius 3 is 2.05 bits per heavy atom. The lowest BCUT2D eigenvalue weighted by molar-refractivity contribution is -0.122. The molecule has 0 bridgehead atoms. The van der Waals surface area contributed by atoms with E-state index in [0.717, 1.165) is 0 Å². The highest BCUT2D eigenvalue weighted by Crippen LogP contribution is 2.35. The van der Waals surface area contributed by atoms with Crippen molar-refractivity contribution in [3.63, 3.8) is 0 Å². The molecule has 21 heavy (non-hydrogen) atoms. The van der Waals surface area contributed by atoms with Crippen LogP contribution in [0.2, 0.25) is 0 Å². The van der Waals surface area contributed by atoms with Crippen LogP contribution in [0.3, 0.4) is 0 Å². The normalized spacial score (nSPS) is 10.1. The summed E-state index contributed by atoms with van der Waals surface area (Å²) in [6, 6.07) is 0. The largest absolute Gasteiger partial charge is 0.387 e. The molecule has 0 aromatic heterocycles. The van der Waals surface area contributed by atoms with Crippen molar-refractivity contribution >= 4 is 91.2 Å². The predicted octanol–water partition coefficient (Wildman–Crippen LogP) is 0.890. The minimum Gasteiger partial charge on any atom is -0.387 e. The van der Waals surface area contributed by atoms with Gasteiger partial charge in [0.05, 0.1) is 24.0 Å². The average Bonchev–Trinajstić information content (AvgIpc) is 2.38. The van der Waals surface area contributed by atoms with Gasteiger partial charge in [-0.1, -0.05) is 0 Å². The van der Waals surface area contributed by atoms with Crippen molar-refractivity contribution in [2.45, 2.75) is 0 Å². The molecule has 1 aromatic carbocycles. The van der Waals surface area contributed by atoms with Gasteiger partial charge in [0.2, 0.25) is 0 Å². The number of imide groups is 1. The first-order chi connectivity index (χ1) is 9.76. The van der Waals surface area contributed by atoms with E-state index >= 15 is 0 Å². The number of aliphatic hydroxyl groups excluding tert-OH is 1. The minimum atomic E-state index is -0.822. The first kappa shape index (κ1) is 18.8. The molecule has 10 heteroatoms. The van der Waals surface area contributed by atoms with Crippen LogP contribution in [-0.4, -0.2) is 36.5 Å². The summed E-state index contributed by atoms with van der Waals surface area (Å²) in [6.07, 6.45) is 0. The van der Waals surface area contributed by atoms with Crippen molar-refractivity contribution in [2.24, 2.45) is 5.73 Å². The molecule has 7 nitrogen and oxygen atoms in total. The Kier molecular flexibility index (Phi) is 7.05. The Hall–Kier alpha value is -0.220. The number of nitrogens with two attached hydrogens (primary N) is 1. The lowest BCUT2D eigenvalue weighted by Crippen LogP contribution is -2.34. The van der Waals surface area contributed by atoms with Crippen molar-refractivity contribution < 1.29 is 19.5 Å². The maximum Gasteiger partial charge on any atom is 0.260 e. The van der Waals surface area contributed by atoms with Crippen LogP contribution in [0.4, 0.5) is 5.69 Å². The molecule has 0 saturated carbocycles. The van der Waals surface area contributed by atoms with Crippen LogP contribution < -0.4 is 16.4 Å². The maximum absolute atomic E-state index is 12.2. The zero-order chi connectivity index (χ0) is 16.3. The van der Waals surface area contributed by atoms with Crippen molar-refractivity contribution in [3.8, 4) is 0 Å². The van der Waals surface area contributed by atoms with Gasteiger partial charge in [-0.15, -0.1) is 0 Å². The lowest BCUT2D eigenvalue weighted by Gasteiger charge is -2.17. The molecule has 1 rings (SSSR count). The fourth-order valence-electron chi connectivity index (χ4n) is 1.53. The van der Waals surface area contributed by atoms with Gasteiger partial charge >= 0.3 is 0 Å². The number of benzene rings is 1. The average molecular weight is 629 g/mol. The Labute approximate surface area is 161 Å². The maximum atomic E-state index is 12.2. The van der Waals surface area contributed by atoms with E-state index in [4.69, 9.17) is 10.8 Å². The lowest BCUT2D eigenvalue weighted by atomic mass is 10.1. The van der Waals surface area contributed by atoms with Crippen LogP contribution in [-0.2, 0) is 4.79 Å². The monoisotopic (exact) mass is 629 g/mol. The number of carbonyl (C=O) groups is 3. The molecule has 0 aliphatic rings. The Morgan fingerprint density at radius 1 is 1.10 bits per heavy atom. The Balaban J connectivity index is 3.58. The smallest absolute Gasteiger partial charge is 0.260 e. The van der Waals surface area contributed by atoms with E-state index in [1.807, 2.05) is 73.1 Å². The van der Waals surface area contributed by atoms with E-state index in [-0.39, 0.29) is 11.1 Å². The van der Waals surface area contributed by atoms with Gasteiger partial charge in [0.15, 0.2) is 0 Å². The van der Waals surface area contributed by atoms with E-state index in [2.05, 4.69) is 5.32 Å². The molecule has 0 atom stereocenters. The molecular weight excluding hydrogens is 619 g/mol. The minimum absolute atomic E-state index is 0.163. The highest BCUT2D eigenvalue weighted by atomic mass is 127. The first-order valence-electron chi connectivity index (χ1n) is 5.39. The third kappa shape index (κ3) is 3.95. The van der Waals surface area contributed by atoms with Crippen molar-refractivity contribution in [1.82, 2.24) is 5.32 Å². The molecule has 0 radical (unpaired) electrons. The van der Waals surface area contributed by atoms with E-state index in [0.29, 0.717) is 16.4 Å². The topological polar surface area (TPSA) is 122 Å². The van der Waals surface area contributed by atoms with Gasteiger partial charge in [-0.2, -0.15) is 0 Å². The number of hydrogen-bond acceptors (Lipinski definition) is 5. The Morgan fingerprint density at radius 2 is 1.62 bits per heavy atom. The molecule has 0 fully saturated rings. The van der Waals surface area contributed by atoms with Crippen LogP contribution >= 0.6 is 67.8 Å². The van der Waals surface area contributed by atoms with Crippen LogP contribution in [0.5, 0.6) is 0 Å². The van der Waals surface area contributed by atoms with Gasteiger partial charge in [-0.25, -0.2) is 0 Å². The zero-order valence-corrected chi connectivity index (χ0v) is 17.1. The molecule has 5 N–H and O–H groups in total. The van der Waals surface area contributed by atoms with Crippen LogP contribution in [0, 0.1) is 10.7 Å². The first-order valence-corrected chi connectivity index (χ1v) is 8.62. The predicted molar refractivity (Wildman–Crippen MR) is 102 cm³/mol. The van der Waals surface area contributed by atoms with E-state index < -0.39 is 24.3 Å². The molecule has 0 unspecified atom stereocenters. The molecule has 1 aromatic rings. The van der Waals surface area contributed by atoms with Crippen molar-refractivity contribution in [3.05, 3.63) is 21.8 Å². The van der Waals surface area contributed by atoms with Crippen molar-refractivity contribution in [1.29, 1.82) is 0 Å². The summed E-state index contributed by atoms with van der Waals surface area (Å²) in [7, 11) is 1.65. The van der Waals surface area contributed by atoms with Crippen LogP contribution in [0.15, 0.2) is 0 Å². The number of hydrogen-bond donors (Lipinski definition) is 4. The fourth-order valence-corrected chi connectivity index (χ4v) is 6.25. The number of carbonyl (C=O) groups excluding carboxylic acids is 3. The molecule has 0 aliphatic carbocycles. The van der Waals surface area contributed by atoms with Crippen molar-refractivity contribution in [2.75, 3.05) is 19.0 Å². The second-order valence-corrected chi connectivity index (χ2v) is 6.95. The standard InChI is InChI=1S/C11H10I3N3O4/c1-16-9-7(13)4(10(15)20)6(12)5(8(9)14)11(21)17-3(19)2-18/h16,18H,2H2,1H3,(H2,15,20)(H,17,19,21). The SMILES string of the molecule is CNc1c(I)c(C(N)=O)c(I)c(C(=O)NC(=O)CO)c1I. The van der Waals surface area contributed by atoms with Gasteiger partial charge < -0.3 is 16.2 Å². The molecule has 114 valence electrons. The van der Waals surface area contributed by atoms with Gasteiger partial charge in [-0.3, -0.25) is 19.7 Å². The number of rotatable bonds is 4. The third-order valence-corrected chi connectivity index (χ3v) is 5.67. The molecule has 3 amide bonds. The van der Waals surface area contributed by atoms with Gasteiger partial charge in [0.1, 0.15) is 6.61 Å². The Bertz CT molecular complexity index is 634. The van der Waals surface area contributed by atoms with E-state index in [1.165, 1.54) is 0 Å². The summed E-state index contributed by atoms with van der Waals surface area (Å²) in [6.45, 7) is -0.801. The van der Waals surface area contributed by atoms with E-state index in [1.54, 1.807) is 7.05 Å². The number of aliphatic hydroxyl groups is 1. The highest BCUT2D eigenvalue weighted by Gasteiger charge is 2.27. The number of halogens is 3. The van der Waals surface area contributed by atoms with Gasteiger partial charge in [-0.05, 0) is 67.8 Å². The summed E-state index contributed by atoms with van der Waals surface area (Å²) in [5.41, 5.74) is 6.32. The van der Waals surface area contributed by atoms with E-state index in [9.17, 15) is 14.4 Å². The van der Waals surface area contributed by atoms with Gasteiger partial charge in [0.25, 0.3) is 17.7 Å². The summed E-state index contributed by atoms with van der Waals surface area (Å²) in [5.74, 6) is -2.19. The third-order valence-electron chi connectivity index (χ3n) is 2.44. The quantitative estimate of drug-likeness (QED) is 0.369. The zero-order valence-electron chi connectivity index (χ0n) is 10.6. The number of primary amides is 1. The number of amides is 3.